The number of ether oxygens (including phenoxy) is 1. The molecule has 1 saturated heterocycles. The van der Waals surface area contributed by atoms with E-state index in [0.29, 0.717) is 15.7 Å². The maximum atomic E-state index is 11.8. The fourth-order valence-corrected chi connectivity index (χ4v) is 4.86. The van der Waals surface area contributed by atoms with Gasteiger partial charge in [0.05, 0.1) is 28.7 Å². The summed E-state index contributed by atoms with van der Waals surface area (Å²) in [7, 11) is -0.562. The van der Waals surface area contributed by atoms with Gasteiger partial charge in [0.1, 0.15) is 9.99 Å². The van der Waals surface area contributed by atoms with E-state index in [2.05, 4.69) is 0 Å². The van der Waals surface area contributed by atoms with Crippen molar-refractivity contribution < 1.29 is 13.2 Å². The molecule has 0 aliphatic carbocycles. The summed E-state index contributed by atoms with van der Waals surface area (Å²) in [5.74, 6) is 2.01. The van der Waals surface area contributed by atoms with Gasteiger partial charge in [-0.1, -0.05) is 12.1 Å². The first-order valence-electron chi connectivity index (χ1n) is 5.33. The van der Waals surface area contributed by atoms with E-state index in [-0.39, 0.29) is 0 Å². The highest BCUT2D eigenvalue weighted by atomic mass is 32.2. The summed E-state index contributed by atoms with van der Waals surface area (Å²) in [6.07, 6.45) is 2.55. The van der Waals surface area contributed by atoms with Crippen molar-refractivity contribution in [1.29, 1.82) is 0 Å². The van der Waals surface area contributed by atoms with Crippen LogP contribution in [-0.4, -0.2) is 27.0 Å². The van der Waals surface area contributed by atoms with E-state index in [0.717, 1.165) is 17.7 Å². The Labute approximate surface area is 106 Å². The molecule has 17 heavy (non-hydrogen) atoms. The Morgan fingerprint density at radius 1 is 1.12 bits per heavy atom. The Morgan fingerprint density at radius 2 is 1.71 bits per heavy atom. The largest absolute Gasteiger partial charge is 0.497 e. The van der Waals surface area contributed by atoms with Crippen LogP contribution in [0.1, 0.15) is 12.0 Å². The van der Waals surface area contributed by atoms with Crippen molar-refractivity contribution in [3.8, 4) is 5.75 Å². The van der Waals surface area contributed by atoms with Crippen molar-refractivity contribution in [3.63, 3.8) is 0 Å². The third-order valence-corrected chi connectivity index (χ3v) is 6.08. The third-order valence-electron chi connectivity index (χ3n) is 2.51. The van der Waals surface area contributed by atoms with E-state index >= 15 is 0 Å². The number of hydrogen-bond donors (Lipinski definition) is 0. The summed E-state index contributed by atoms with van der Waals surface area (Å²) in [5, 5.41) is 0. The standard InChI is InChI=1S/C12H14O3S2/c1-15-11-5-3-10(4-6-11)9-12-16(13)7-2-8-17(12)14/h3-6,9H,2,7-8H2,1H3/t16-,17-/m0/s1. The zero-order valence-corrected chi connectivity index (χ0v) is 11.2. The first-order valence-corrected chi connectivity index (χ1v) is 7.97. The molecule has 2 rings (SSSR count). The predicted molar refractivity (Wildman–Crippen MR) is 71.6 cm³/mol. The number of benzene rings is 1. The smallest absolute Gasteiger partial charge is 0.118 e. The van der Waals surface area contributed by atoms with Crippen LogP contribution in [0.4, 0.5) is 0 Å². The molecule has 0 unspecified atom stereocenters. The molecule has 1 fully saturated rings. The molecule has 92 valence electrons. The number of rotatable bonds is 2. The molecule has 0 amide bonds. The molecule has 1 aromatic carbocycles. The van der Waals surface area contributed by atoms with Gasteiger partial charge in [-0.3, -0.25) is 8.42 Å². The lowest BCUT2D eigenvalue weighted by Crippen LogP contribution is -2.16. The summed E-state index contributed by atoms with van der Waals surface area (Å²) >= 11 is 0. The molecule has 1 aliphatic rings. The summed E-state index contributed by atoms with van der Waals surface area (Å²) in [4.78, 5) is 0. The summed E-state index contributed by atoms with van der Waals surface area (Å²) < 4.78 is 29.1. The van der Waals surface area contributed by atoms with Crippen molar-refractivity contribution in [2.45, 2.75) is 6.42 Å². The Kier molecular flexibility index (Phi) is 4.12. The second-order valence-corrected chi connectivity index (χ2v) is 7.03. The highest BCUT2D eigenvalue weighted by molar-refractivity contribution is 8.09. The highest BCUT2D eigenvalue weighted by Crippen LogP contribution is 2.21. The van der Waals surface area contributed by atoms with E-state index in [1.807, 2.05) is 24.3 Å². The molecular formula is C12H14O3S2. The molecule has 0 N–H and O–H groups in total. The minimum atomic E-state index is -1.09. The molecule has 1 aliphatic heterocycles. The van der Waals surface area contributed by atoms with Crippen LogP contribution >= 0.6 is 0 Å². The first kappa shape index (κ1) is 12.5. The second kappa shape index (κ2) is 5.60. The van der Waals surface area contributed by atoms with Gasteiger partial charge in [-0.15, -0.1) is 0 Å². The van der Waals surface area contributed by atoms with E-state index < -0.39 is 21.6 Å². The van der Waals surface area contributed by atoms with E-state index in [1.54, 1.807) is 13.2 Å². The first-order chi connectivity index (χ1) is 8.20. The number of methoxy groups -OCH3 is 1. The molecule has 3 nitrogen and oxygen atoms in total. The Hall–Kier alpha value is -0.940. The average molecular weight is 270 g/mol. The maximum Gasteiger partial charge on any atom is 0.118 e. The zero-order valence-electron chi connectivity index (χ0n) is 9.55. The van der Waals surface area contributed by atoms with E-state index in [4.69, 9.17) is 4.74 Å². The molecule has 0 bridgehead atoms. The Bertz CT molecular complexity index is 459. The fourth-order valence-electron chi connectivity index (χ4n) is 1.59. The summed E-state index contributed by atoms with van der Waals surface area (Å²) in [6, 6.07) is 7.41. The minimum Gasteiger partial charge on any atom is -0.497 e. The van der Waals surface area contributed by atoms with Gasteiger partial charge < -0.3 is 4.74 Å². The summed E-state index contributed by atoms with van der Waals surface area (Å²) in [6.45, 7) is 0. The molecule has 0 radical (unpaired) electrons. The third kappa shape index (κ3) is 3.04. The van der Waals surface area contributed by atoms with E-state index in [1.165, 1.54) is 0 Å². The molecule has 1 aromatic rings. The number of hydrogen-bond acceptors (Lipinski definition) is 3. The van der Waals surface area contributed by atoms with Gasteiger partial charge in [-0.05, 0) is 30.2 Å². The monoisotopic (exact) mass is 270 g/mol. The lowest BCUT2D eigenvalue weighted by Gasteiger charge is -2.12. The van der Waals surface area contributed by atoms with Crippen molar-refractivity contribution in [3.05, 3.63) is 34.1 Å². The van der Waals surface area contributed by atoms with Crippen LogP contribution in [0.25, 0.3) is 6.08 Å². The van der Waals surface area contributed by atoms with Crippen molar-refractivity contribution in [1.82, 2.24) is 0 Å². The van der Waals surface area contributed by atoms with Gasteiger partial charge >= 0.3 is 0 Å². The Balaban J connectivity index is 2.27. The fraction of sp³-hybridized carbons (Fsp3) is 0.333. The van der Waals surface area contributed by atoms with Gasteiger partial charge in [-0.2, -0.15) is 0 Å². The molecule has 1 heterocycles. The van der Waals surface area contributed by atoms with E-state index in [9.17, 15) is 8.42 Å². The highest BCUT2D eigenvalue weighted by Gasteiger charge is 2.20. The van der Waals surface area contributed by atoms with Crippen LogP contribution in [0.15, 0.2) is 28.5 Å². The van der Waals surface area contributed by atoms with Crippen molar-refractivity contribution >= 4 is 27.7 Å². The second-order valence-electron chi connectivity index (χ2n) is 3.69. The SMILES string of the molecule is COc1ccc(C=C2[S@@](=O)CCC[S@@]2=O)cc1. The van der Waals surface area contributed by atoms with Gasteiger partial charge in [-0.25, -0.2) is 0 Å². The van der Waals surface area contributed by atoms with Gasteiger partial charge in [0.25, 0.3) is 0 Å². The molecule has 2 atom stereocenters. The molecule has 0 aromatic heterocycles. The van der Waals surface area contributed by atoms with Crippen LogP contribution in [-0.2, 0) is 21.6 Å². The lowest BCUT2D eigenvalue weighted by atomic mass is 10.2. The van der Waals surface area contributed by atoms with Crippen LogP contribution in [0, 0.1) is 0 Å². The quantitative estimate of drug-likeness (QED) is 0.824. The van der Waals surface area contributed by atoms with Crippen LogP contribution in [0.3, 0.4) is 0 Å². The topological polar surface area (TPSA) is 43.4 Å². The van der Waals surface area contributed by atoms with Crippen LogP contribution in [0.5, 0.6) is 5.75 Å². The van der Waals surface area contributed by atoms with Gasteiger partial charge in [0, 0.05) is 11.5 Å². The van der Waals surface area contributed by atoms with Gasteiger partial charge in [0.15, 0.2) is 0 Å². The molecular weight excluding hydrogens is 256 g/mol. The van der Waals surface area contributed by atoms with Gasteiger partial charge in [0.2, 0.25) is 0 Å². The van der Waals surface area contributed by atoms with Crippen LogP contribution in [0.2, 0.25) is 0 Å². The van der Waals surface area contributed by atoms with Crippen molar-refractivity contribution in [2.75, 3.05) is 18.6 Å². The molecule has 0 saturated carbocycles. The Morgan fingerprint density at radius 3 is 2.24 bits per heavy atom. The molecule has 0 spiro atoms. The zero-order chi connectivity index (χ0) is 12.3. The van der Waals surface area contributed by atoms with Crippen molar-refractivity contribution in [2.24, 2.45) is 0 Å². The summed E-state index contributed by atoms with van der Waals surface area (Å²) in [5.41, 5.74) is 0.907. The lowest BCUT2D eigenvalue weighted by molar-refractivity contribution is 0.415. The molecule has 5 heteroatoms. The minimum absolute atomic E-state index is 0.557. The normalized spacial score (nSPS) is 24.4. The van der Waals surface area contributed by atoms with Crippen LogP contribution < -0.4 is 4.74 Å². The average Bonchev–Trinajstić information content (AvgIpc) is 2.35. The maximum absolute atomic E-state index is 11.8. The predicted octanol–water partition coefficient (Wildman–Crippen LogP) is 1.89.